The maximum atomic E-state index is 12.7. The highest BCUT2D eigenvalue weighted by molar-refractivity contribution is 9.09. The molecule has 0 aromatic heterocycles. The van der Waals surface area contributed by atoms with Crippen molar-refractivity contribution in [2.75, 3.05) is 5.33 Å². The molecule has 43 heavy (non-hydrogen) atoms. The molecule has 0 unspecified atom stereocenters. The Labute approximate surface area is 260 Å². The van der Waals surface area contributed by atoms with E-state index < -0.39 is 34.8 Å². The summed E-state index contributed by atoms with van der Waals surface area (Å²) in [6, 6.07) is 12.2. The number of carboxylic acid groups (broad SMARTS) is 2. The Hall–Kier alpha value is -2.77. The third-order valence-corrected chi connectivity index (χ3v) is 13.7. The zero-order chi connectivity index (χ0) is 30.7. The van der Waals surface area contributed by atoms with Gasteiger partial charge in [0.15, 0.2) is 0 Å². The van der Waals surface area contributed by atoms with Crippen molar-refractivity contribution in [2.24, 2.45) is 16.2 Å². The molecule has 6 aliphatic carbocycles. The summed E-state index contributed by atoms with van der Waals surface area (Å²) in [4.78, 5) is 36.9. The van der Waals surface area contributed by atoms with E-state index in [0.717, 1.165) is 53.5 Å². The van der Waals surface area contributed by atoms with E-state index in [1.54, 1.807) is 0 Å². The number of fused-ring (bicyclic) bond motifs is 6. The monoisotopic (exact) mass is 646 g/mol. The first-order valence-corrected chi connectivity index (χ1v) is 16.6. The van der Waals surface area contributed by atoms with Crippen LogP contribution in [0.2, 0.25) is 0 Å². The first kappa shape index (κ1) is 29.0. The van der Waals surface area contributed by atoms with Gasteiger partial charge in [-0.3, -0.25) is 14.4 Å². The lowest BCUT2D eigenvalue weighted by Gasteiger charge is -2.42. The molecule has 4 fully saturated rings. The van der Waals surface area contributed by atoms with Crippen molar-refractivity contribution < 1.29 is 29.7 Å². The van der Waals surface area contributed by atoms with Gasteiger partial charge >= 0.3 is 11.9 Å². The fourth-order valence-electron chi connectivity index (χ4n) is 11.0. The second-order valence-corrected chi connectivity index (χ2v) is 15.1. The molecule has 226 valence electrons. The van der Waals surface area contributed by atoms with Crippen LogP contribution in [0.5, 0.6) is 0 Å². The quantitative estimate of drug-likeness (QED) is 0.247. The molecule has 2 aromatic rings. The number of aliphatic carboxylic acids is 2. The van der Waals surface area contributed by atoms with Crippen LogP contribution in [0, 0.1) is 30.1 Å². The molecule has 4 bridgehead atoms. The van der Waals surface area contributed by atoms with Gasteiger partial charge < -0.3 is 15.3 Å². The fourth-order valence-corrected chi connectivity index (χ4v) is 11.8. The summed E-state index contributed by atoms with van der Waals surface area (Å²) >= 11 is 3.53. The van der Waals surface area contributed by atoms with Crippen molar-refractivity contribution >= 4 is 33.7 Å². The zero-order valence-corrected chi connectivity index (χ0v) is 26.4. The minimum absolute atomic E-state index is 0.224. The molecule has 2 spiro atoms. The van der Waals surface area contributed by atoms with E-state index in [-0.39, 0.29) is 28.4 Å². The van der Waals surface area contributed by atoms with Crippen LogP contribution in [-0.2, 0) is 14.4 Å². The van der Waals surface area contributed by atoms with Gasteiger partial charge in [-0.15, -0.1) is 0 Å². The molecule has 8 rings (SSSR count). The Morgan fingerprint density at radius 2 is 1.37 bits per heavy atom. The number of Topliss-reactive ketones (excluding diaryl/α,β-unsaturated/α-hetero) is 1. The molecule has 3 N–H and O–H groups in total. The molecular weight excluding hydrogens is 608 g/mol. The number of aliphatic hydroxyl groups is 1. The van der Waals surface area contributed by atoms with Gasteiger partial charge in [-0.2, -0.15) is 0 Å². The number of hydrogen-bond acceptors (Lipinski definition) is 4. The van der Waals surface area contributed by atoms with Crippen LogP contribution in [0.1, 0.15) is 108 Å². The summed E-state index contributed by atoms with van der Waals surface area (Å²) in [5, 5.41) is 31.3. The van der Waals surface area contributed by atoms with Crippen molar-refractivity contribution in [3.8, 4) is 0 Å². The van der Waals surface area contributed by atoms with Gasteiger partial charge in [0, 0.05) is 28.0 Å². The van der Waals surface area contributed by atoms with E-state index in [9.17, 15) is 29.7 Å². The second kappa shape index (κ2) is 9.37. The van der Waals surface area contributed by atoms with Crippen LogP contribution >= 0.6 is 15.9 Å². The van der Waals surface area contributed by atoms with Gasteiger partial charge in [0.2, 0.25) is 0 Å². The molecule has 0 aliphatic heterocycles. The molecule has 6 nitrogen and oxygen atoms in total. The number of rotatable bonds is 3. The first-order valence-electron chi connectivity index (χ1n) is 15.5. The third-order valence-electron chi connectivity index (χ3n) is 12.7. The highest BCUT2D eigenvalue weighted by Crippen LogP contribution is 2.73. The normalized spacial score (nSPS) is 39.3. The Morgan fingerprint density at radius 3 is 1.88 bits per heavy atom. The van der Waals surface area contributed by atoms with E-state index in [2.05, 4.69) is 34.6 Å². The van der Waals surface area contributed by atoms with Crippen LogP contribution in [0.4, 0.5) is 0 Å². The van der Waals surface area contributed by atoms with Crippen LogP contribution < -0.4 is 0 Å². The summed E-state index contributed by atoms with van der Waals surface area (Å²) in [5.74, 6) is -1.83. The smallest absolute Gasteiger partial charge is 0.311 e. The fraction of sp³-hybridized carbons (Fsp3) is 0.528. The van der Waals surface area contributed by atoms with Gasteiger partial charge in [0.05, 0.1) is 17.4 Å². The predicted molar refractivity (Wildman–Crippen MR) is 166 cm³/mol. The molecule has 6 aliphatic rings. The van der Waals surface area contributed by atoms with Crippen molar-refractivity contribution in [3.63, 3.8) is 0 Å². The number of carbonyl (C=O) groups is 3. The Morgan fingerprint density at radius 1 is 0.860 bits per heavy atom. The van der Waals surface area contributed by atoms with E-state index in [1.807, 2.05) is 38.1 Å². The SMILES string of the molecule is C=C1C[C@]23C[C@@]1(O)CC[C@H]2c1cccc(C)c1[C@@H]3C(=O)O.Cc1cccc2c1[C@H](C(=O)O)[C@@]13CC(=O)[C@@](CBr)(CC[C@@H]21)C3. The van der Waals surface area contributed by atoms with E-state index >= 15 is 0 Å². The van der Waals surface area contributed by atoms with Crippen LogP contribution in [0.15, 0.2) is 48.6 Å². The van der Waals surface area contributed by atoms with Crippen molar-refractivity contribution in [3.05, 3.63) is 81.9 Å². The van der Waals surface area contributed by atoms with Crippen molar-refractivity contribution in [1.29, 1.82) is 0 Å². The van der Waals surface area contributed by atoms with Crippen LogP contribution in [0.25, 0.3) is 0 Å². The van der Waals surface area contributed by atoms with Gasteiger partial charge in [-0.05, 0) is 110 Å². The number of hydrogen-bond donors (Lipinski definition) is 3. The maximum Gasteiger partial charge on any atom is 0.311 e. The second-order valence-electron chi connectivity index (χ2n) is 14.5. The standard InChI is InChI=1S/C18H19BrO3.C18H20O3/c1-10-3-2-4-11-12-5-6-17(9-19)8-18(12,7-13(17)20)15(14(10)11)16(21)22;1-10-4-3-5-12-13-6-7-18(21)9-17(13,8-11(18)2)15(14(10)12)16(19)20/h2-4,12,15H,5-9H2,1H3,(H,21,22);3-5,13,15,21H,2,6-9H2,1H3,(H,19,20)/t12-,15+,17-,18+;13-,15+,17-,18-/m00/s1. The number of benzene rings is 2. The Bertz CT molecular complexity index is 1610. The first-order chi connectivity index (χ1) is 20.3. The molecule has 0 amide bonds. The number of carboxylic acids is 2. The molecule has 4 saturated carbocycles. The summed E-state index contributed by atoms with van der Waals surface area (Å²) < 4.78 is 0. The predicted octanol–water partition coefficient (Wildman–Crippen LogP) is 6.91. The molecule has 0 heterocycles. The Balaban J connectivity index is 0.000000140. The van der Waals surface area contributed by atoms with E-state index in [4.69, 9.17) is 0 Å². The van der Waals surface area contributed by atoms with Gasteiger partial charge in [-0.1, -0.05) is 58.9 Å². The summed E-state index contributed by atoms with van der Waals surface area (Å²) in [6.45, 7) is 8.06. The summed E-state index contributed by atoms with van der Waals surface area (Å²) in [7, 11) is 0. The molecular formula is C36H39BrO6. The summed E-state index contributed by atoms with van der Waals surface area (Å²) in [6.07, 6.45) is 5.70. The molecule has 7 heteroatoms. The van der Waals surface area contributed by atoms with Crippen LogP contribution in [0.3, 0.4) is 0 Å². The minimum Gasteiger partial charge on any atom is -0.481 e. The lowest BCUT2D eigenvalue weighted by atomic mass is 9.61. The van der Waals surface area contributed by atoms with Gasteiger partial charge in [0.25, 0.3) is 0 Å². The molecule has 0 saturated heterocycles. The van der Waals surface area contributed by atoms with Gasteiger partial charge in [-0.25, -0.2) is 0 Å². The molecule has 0 radical (unpaired) electrons. The highest BCUT2D eigenvalue weighted by Gasteiger charge is 2.68. The van der Waals surface area contributed by atoms with Crippen LogP contribution in [-0.4, -0.2) is 44.0 Å². The number of carbonyl (C=O) groups excluding carboxylic acids is 1. The lowest BCUT2D eigenvalue weighted by Crippen LogP contribution is -2.39. The highest BCUT2D eigenvalue weighted by atomic mass is 79.9. The van der Waals surface area contributed by atoms with Gasteiger partial charge in [0.1, 0.15) is 5.78 Å². The topological polar surface area (TPSA) is 112 Å². The lowest BCUT2D eigenvalue weighted by molar-refractivity contribution is -0.144. The number of ketones is 1. The van der Waals surface area contributed by atoms with E-state index in [0.29, 0.717) is 31.0 Å². The number of halogens is 1. The number of aryl methyl sites for hydroxylation is 2. The average Bonchev–Trinajstić information content (AvgIpc) is 3.55. The Kier molecular flexibility index (Phi) is 6.31. The van der Waals surface area contributed by atoms with E-state index in [1.165, 1.54) is 11.1 Å². The summed E-state index contributed by atoms with van der Waals surface area (Å²) in [5.41, 5.74) is 5.36. The third kappa shape index (κ3) is 3.64. The maximum absolute atomic E-state index is 12.7. The minimum atomic E-state index is -0.847. The zero-order valence-electron chi connectivity index (χ0n) is 24.8. The number of alkyl halides is 1. The average molecular weight is 648 g/mol. The van der Waals surface area contributed by atoms with Crippen molar-refractivity contribution in [1.82, 2.24) is 0 Å². The molecule has 8 atom stereocenters. The van der Waals surface area contributed by atoms with Crippen molar-refractivity contribution in [2.45, 2.75) is 94.5 Å². The largest absolute Gasteiger partial charge is 0.481 e. The molecule has 2 aromatic carbocycles.